The standard InChI is InChI=1S/C25H28ClN3O4S/c1-19(14-28-34(31,32)24-11-9-23(26)10-12-24)16-29(18-21-4-3-13-27-15-21)17-20-5-7-22(8-6-20)25(30)33-2/h3-13,15,19,28H,14,16-18H2,1-2H3. The third-order valence-corrected chi connectivity index (χ3v) is 6.92. The molecule has 1 atom stereocenters. The lowest BCUT2D eigenvalue weighted by Crippen LogP contribution is -2.35. The summed E-state index contributed by atoms with van der Waals surface area (Å²) in [6, 6.07) is 17.3. The van der Waals surface area contributed by atoms with E-state index in [1.807, 2.05) is 37.4 Å². The molecule has 7 nitrogen and oxygen atoms in total. The summed E-state index contributed by atoms with van der Waals surface area (Å²) >= 11 is 5.86. The Bertz CT molecular complexity index is 1170. The van der Waals surface area contributed by atoms with E-state index in [9.17, 15) is 13.2 Å². The second-order valence-corrected chi connectivity index (χ2v) is 10.3. The van der Waals surface area contributed by atoms with E-state index in [0.717, 1.165) is 11.1 Å². The highest BCUT2D eigenvalue weighted by Gasteiger charge is 2.18. The predicted molar refractivity (Wildman–Crippen MR) is 132 cm³/mol. The molecule has 3 rings (SSSR count). The van der Waals surface area contributed by atoms with E-state index < -0.39 is 10.0 Å². The van der Waals surface area contributed by atoms with Crippen LogP contribution in [0.4, 0.5) is 0 Å². The monoisotopic (exact) mass is 501 g/mol. The van der Waals surface area contributed by atoms with Crippen molar-refractivity contribution in [3.8, 4) is 0 Å². The summed E-state index contributed by atoms with van der Waals surface area (Å²) in [5, 5.41) is 0.484. The molecule has 0 aliphatic rings. The molecule has 0 aliphatic heterocycles. The lowest BCUT2D eigenvalue weighted by Gasteiger charge is -2.26. The maximum absolute atomic E-state index is 12.6. The smallest absolute Gasteiger partial charge is 0.337 e. The van der Waals surface area contributed by atoms with Gasteiger partial charge in [-0.05, 0) is 59.5 Å². The van der Waals surface area contributed by atoms with Gasteiger partial charge in [0.25, 0.3) is 0 Å². The summed E-state index contributed by atoms with van der Waals surface area (Å²) in [6.45, 7) is 4.22. The summed E-state index contributed by atoms with van der Waals surface area (Å²) in [5.74, 6) is -0.339. The number of carbonyl (C=O) groups excluding carboxylic acids is 1. The van der Waals surface area contributed by atoms with E-state index in [0.29, 0.717) is 30.2 Å². The van der Waals surface area contributed by atoms with Crippen molar-refractivity contribution in [2.24, 2.45) is 5.92 Å². The summed E-state index contributed by atoms with van der Waals surface area (Å²) in [6.07, 6.45) is 3.55. The van der Waals surface area contributed by atoms with E-state index in [1.165, 1.54) is 19.2 Å². The molecule has 2 aromatic carbocycles. The average molecular weight is 502 g/mol. The fourth-order valence-electron chi connectivity index (χ4n) is 3.51. The van der Waals surface area contributed by atoms with E-state index in [-0.39, 0.29) is 23.3 Å². The molecule has 1 unspecified atom stereocenters. The molecule has 0 spiro atoms. The fraction of sp³-hybridized carbons (Fsp3) is 0.280. The van der Waals surface area contributed by atoms with E-state index in [1.54, 1.807) is 30.5 Å². The van der Waals surface area contributed by atoms with Gasteiger partial charge in [-0.1, -0.05) is 36.7 Å². The maximum atomic E-state index is 12.6. The van der Waals surface area contributed by atoms with Crippen LogP contribution in [0.15, 0.2) is 78.0 Å². The topological polar surface area (TPSA) is 88.6 Å². The molecule has 0 saturated carbocycles. The van der Waals surface area contributed by atoms with Crippen LogP contribution in [0.5, 0.6) is 0 Å². The Morgan fingerprint density at radius 2 is 1.74 bits per heavy atom. The lowest BCUT2D eigenvalue weighted by atomic mass is 10.1. The van der Waals surface area contributed by atoms with Crippen LogP contribution in [0.2, 0.25) is 5.02 Å². The average Bonchev–Trinajstić information content (AvgIpc) is 2.84. The zero-order chi connectivity index (χ0) is 24.6. The number of aromatic nitrogens is 1. The summed E-state index contributed by atoms with van der Waals surface area (Å²) in [7, 11) is -2.27. The van der Waals surface area contributed by atoms with Crippen LogP contribution in [0.1, 0.15) is 28.4 Å². The van der Waals surface area contributed by atoms with Crippen LogP contribution in [0.25, 0.3) is 0 Å². The van der Waals surface area contributed by atoms with Crippen LogP contribution in [0, 0.1) is 5.92 Å². The Hall–Kier alpha value is -2.78. The summed E-state index contributed by atoms with van der Waals surface area (Å²) in [5.41, 5.74) is 2.59. The number of ether oxygens (including phenoxy) is 1. The normalized spacial score (nSPS) is 12.5. The third kappa shape index (κ3) is 7.63. The third-order valence-electron chi connectivity index (χ3n) is 5.23. The van der Waals surface area contributed by atoms with Gasteiger partial charge in [-0.25, -0.2) is 17.9 Å². The van der Waals surface area contributed by atoms with Gasteiger partial charge in [0.05, 0.1) is 17.6 Å². The Labute approximate surface area is 205 Å². The summed E-state index contributed by atoms with van der Waals surface area (Å²) < 4.78 is 32.7. The molecular weight excluding hydrogens is 474 g/mol. The van der Waals surface area contributed by atoms with E-state index in [2.05, 4.69) is 14.6 Å². The molecule has 0 saturated heterocycles. The van der Waals surface area contributed by atoms with Crippen molar-refractivity contribution in [2.75, 3.05) is 20.2 Å². The first-order valence-electron chi connectivity index (χ1n) is 10.8. The number of benzene rings is 2. The first kappa shape index (κ1) is 25.8. The SMILES string of the molecule is COC(=O)c1ccc(CN(Cc2cccnc2)CC(C)CNS(=O)(=O)c2ccc(Cl)cc2)cc1. The first-order chi connectivity index (χ1) is 16.3. The van der Waals surface area contributed by atoms with Crippen molar-refractivity contribution >= 4 is 27.6 Å². The number of halogens is 1. The molecule has 0 fully saturated rings. The quantitative estimate of drug-likeness (QED) is 0.397. The minimum atomic E-state index is -3.62. The minimum Gasteiger partial charge on any atom is -0.465 e. The van der Waals surface area contributed by atoms with Gasteiger partial charge in [0.2, 0.25) is 10.0 Å². The molecule has 1 aromatic heterocycles. The Kier molecular flexibility index (Phi) is 9.18. The lowest BCUT2D eigenvalue weighted by molar-refractivity contribution is 0.0600. The Morgan fingerprint density at radius 1 is 1.06 bits per heavy atom. The molecule has 0 aliphatic carbocycles. The number of hydrogen-bond donors (Lipinski definition) is 1. The molecule has 180 valence electrons. The first-order valence-corrected chi connectivity index (χ1v) is 12.7. The Balaban J connectivity index is 1.66. The van der Waals surface area contributed by atoms with Crippen LogP contribution in [-0.4, -0.2) is 44.5 Å². The minimum absolute atomic E-state index is 0.0353. The highest BCUT2D eigenvalue weighted by atomic mass is 35.5. The van der Waals surface area contributed by atoms with Gasteiger partial charge in [-0.2, -0.15) is 0 Å². The number of nitrogens with zero attached hydrogens (tertiary/aromatic N) is 2. The largest absolute Gasteiger partial charge is 0.465 e. The Morgan fingerprint density at radius 3 is 2.35 bits per heavy atom. The van der Waals surface area contributed by atoms with Crippen molar-refractivity contribution in [3.63, 3.8) is 0 Å². The second-order valence-electron chi connectivity index (χ2n) is 8.13. The number of sulfonamides is 1. The van der Waals surface area contributed by atoms with Crippen molar-refractivity contribution in [1.29, 1.82) is 0 Å². The van der Waals surface area contributed by atoms with Gasteiger partial charge in [0, 0.05) is 43.6 Å². The van der Waals surface area contributed by atoms with Gasteiger partial charge >= 0.3 is 5.97 Å². The van der Waals surface area contributed by atoms with Crippen molar-refractivity contribution in [2.45, 2.75) is 24.9 Å². The van der Waals surface area contributed by atoms with Crippen molar-refractivity contribution < 1.29 is 17.9 Å². The maximum Gasteiger partial charge on any atom is 0.337 e. The molecule has 1 heterocycles. The molecular formula is C25H28ClN3O4S. The predicted octanol–water partition coefficient (Wildman–Crippen LogP) is 4.14. The molecule has 0 bridgehead atoms. The van der Waals surface area contributed by atoms with Gasteiger partial charge in [-0.3, -0.25) is 9.88 Å². The number of pyridine rings is 1. The zero-order valence-electron chi connectivity index (χ0n) is 19.1. The number of carbonyl (C=O) groups is 1. The zero-order valence-corrected chi connectivity index (χ0v) is 20.7. The second kappa shape index (κ2) is 12.1. The van der Waals surface area contributed by atoms with Crippen LogP contribution in [-0.2, 0) is 27.8 Å². The van der Waals surface area contributed by atoms with Crippen LogP contribution in [0.3, 0.4) is 0 Å². The van der Waals surface area contributed by atoms with E-state index in [4.69, 9.17) is 16.3 Å². The van der Waals surface area contributed by atoms with Crippen LogP contribution < -0.4 is 4.72 Å². The number of esters is 1. The van der Waals surface area contributed by atoms with Gasteiger partial charge in [0.1, 0.15) is 0 Å². The van der Waals surface area contributed by atoms with E-state index >= 15 is 0 Å². The molecule has 3 aromatic rings. The number of hydrogen-bond acceptors (Lipinski definition) is 6. The molecule has 0 amide bonds. The van der Waals surface area contributed by atoms with Crippen molar-refractivity contribution in [3.05, 3.63) is 94.8 Å². The van der Waals surface area contributed by atoms with Crippen molar-refractivity contribution in [1.82, 2.24) is 14.6 Å². The number of nitrogens with one attached hydrogen (secondary N) is 1. The number of methoxy groups -OCH3 is 1. The highest BCUT2D eigenvalue weighted by molar-refractivity contribution is 7.89. The van der Waals surface area contributed by atoms with Crippen LogP contribution >= 0.6 is 11.6 Å². The fourth-order valence-corrected chi connectivity index (χ4v) is 4.80. The molecule has 0 radical (unpaired) electrons. The summed E-state index contributed by atoms with van der Waals surface area (Å²) in [4.78, 5) is 18.3. The van der Waals surface area contributed by atoms with Gasteiger partial charge in [0.15, 0.2) is 0 Å². The highest BCUT2D eigenvalue weighted by Crippen LogP contribution is 2.16. The molecule has 34 heavy (non-hydrogen) atoms. The number of rotatable bonds is 11. The molecule has 1 N–H and O–H groups in total. The van der Waals surface area contributed by atoms with Gasteiger partial charge < -0.3 is 4.74 Å². The molecule has 9 heteroatoms. The van der Waals surface area contributed by atoms with Gasteiger partial charge in [-0.15, -0.1) is 0 Å².